The quantitative estimate of drug-likeness (QED) is 0.204. The lowest BCUT2D eigenvalue weighted by Crippen LogP contribution is -2.61. The number of hydrogen-bond acceptors (Lipinski definition) is 11. The molecule has 2 aliphatic rings. The molecule has 11 heteroatoms. The molecule has 1 aromatic rings. The third-order valence-corrected chi connectivity index (χ3v) is 5.35. The van der Waals surface area contributed by atoms with Crippen LogP contribution in [0.2, 0.25) is 0 Å². The van der Waals surface area contributed by atoms with Crippen molar-refractivity contribution >= 4 is 12.0 Å². The van der Waals surface area contributed by atoms with Crippen molar-refractivity contribution in [2.24, 2.45) is 0 Å². The van der Waals surface area contributed by atoms with E-state index in [1.165, 1.54) is 13.0 Å². The van der Waals surface area contributed by atoms with Crippen LogP contribution >= 0.6 is 0 Å². The molecule has 2 aliphatic heterocycles. The standard InChI is InChI=1S/C21H28O11/c1-10-14(23)16(25)18(27)20(30-10)29-9-12-15(24)17(26)19(28)21(31-12)32-13(22)8-7-11-5-3-2-4-6-11/h2-8,10,12,14-21,23-28H,9H2,1H3. The fraction of sp³-hybridized carbons (Fsp3) is 0.571. The minimum absolute atomic E-state index is 0.448. The summed E-state index contributed by atoms with van der Waals surface area (Å²) >= 11 is 0. The Hall–Kier alpha value is -1.93. The summed E-state index contributed by atoms with van der Waals surface area (Å²) in [7, 11) is 0. The first kappa shape index (κ1) is 24.7. The summed E-state index contributed by atoms with van der Waals surface area (Å²) in [5, 5.41) is 60.0. The molecule has 2 fully saturated rings. The van der Waals surface area contributed by atoms with Gasteiger partial charge in [0.1, 0.15) is 42.7 Å². The summed E-state index contributed by atoms with van der Waals surface area (Å²) < 4.78 is 21.1. The lowest BCUT2D eigenvalue weighted by Gasteiger charge is -2.42. The minimum Gasteiger partial charge on any atom is -0.430 e. The normalized spacial score (nSPS) is 40.3. The molecular formula is C21H28O11. The largest absolute Gasteiger partial charge is 0.430 e. The van der Waals surface area contributed by atoms with Gasteiger partial charge in [-0.25, -0.2) is 4.79 Å². The number of carbonyl (C=O) groups excluding carboxylic acids is 1. The predicted molar refractivity (Wildman–Crippen MR) is 107 cm³/mol. The third kappa shape index (κ3) is 5.70. The first-order valence-electron chi connectivity index (χ1n) is 10.1. The SMILES string of the molecule is CC1OC(OCC2OC(OC(=O)C=Cc3ccccc3)C(O)C(O)C2O)C(O)C(O)C1O. The lowest BCUT2D eigenvalue weighted by atomic mass is 9.98. The molecule has 1 aromatic carbocycles. The molecule has 2 heterocycles. The summed E-state index contributed by atoms with van der Waals surface area (Å²) in [6, 6.07) is 8.92. The molecule has 0 aliphatic carbocycles. The van der Waals surface area contributed by atoms with E-state index in [-0.39, 0.29) is 0 Å². The maximum absolute atomic E-state index is 12.1. The Morgan fingerprint density at radius 2 is 1.50 bits per heavy atom. The van der Waals surface area contributed by atoms with Gasteiger partial charge in [0.2, 0.25) is 6.29 Å². The summed E-state index contributed by atoms with van der Waals surface area (Å²) in [5.41, 5.74) is 0.740. The second-order valence-corrected chi connectivity index (χ2v) is 7.71. The highest BCUT2D eigenvalue weighted by Crippen LogP contribution is 2.26. The molecule has 0 radical (unpaired) electrons. The zero-order valence-electron chi connectivity index (χ0n) is 17.2. The summed E-state index contributed by atoms with van der Waals surface area (Å²) in [5.74, 6) is -0.849. The van der Waals surface area contributed by atoms with Crippen LogP contribution in [0.4, 0.5) is 0 Å². The predicted octanol–water partition coefficient (Wildman–Crippen LogP) is -2.11. The maximum Gasteiger partial charge on any atom is 0.333 e. The number of esters is 1. The van der Waals surface area contributed by atoms with E-state index >= 15 is 0 Å². The van der Waals surface area contributed by atoms with Crippen LogP contribution in [0, 0.1) is 0 Å². The van der Waals surface area contributed by atoms with Crippen LogP contribution in [0.25, 0.3) is 6.08 Å². The van der Waals surface area contributed by atoms with Crippen molar-refractivity contribution < 1.29 is 54.4 Å². The molecule has 0 aromatic heterocycles. The van der Waals surface area contributed by atoms with E-state index < -0.39 is 74.0 Å². The Kier molecular flexibility index (Phi) is 8.33. The number of benzene rings is 1. The Labute approximate surface area is 184 Å². The molecule has 178 valence electrons. The number of aliphatic hydroxyl groups is 6. The molecule has 6 N–H and O–H groups in total. The van der Waals surface area contributed by atoms with Crippen molar-refractivity contribution in [3.05, 3.63) is 42.0 Å². The topological polar surface area (TPSA) is 175 Å². The summed E-state index contributed by atoms with van der Waals surface area (Å²) in [4.78, 5) is 12.1. The van der Waals surface area contributed by atoms with Crippen LogP contribution in [0.3, 0.4) is 0 Å². The van der Waals surface area contributed by atoms with Crippen LogP contribution in [0.1, 0.15) is 12.5 Å². The van der Waals surface area contributed by atoms with Crippen molar-refractivity contribution in [3.63, 3.8) is 0 Å². The monoisotopic (exact) mass is 456 g/mol. The molecular weight excluding hydrogens is 428 g/mol. The van der Waals surface area contributed by atoms with Gasteiger partial charge in [0.05, 0.1) is 12.7 Å². The van der Waals surface area contributed by atoms with Crippen LogP contribution in [-0.2, 0) is 23.7 Å². The Balaban J connectivity index is 1.58. The maximum atomic E-state index is 12.1. The van der Waals surface area contributed by atoms with Gasteiger partial charge < -0.3 is 49.6 Å². The zero-order valence-corrected chi connectivity index (χ0v) is 17.2. The van der Waals surface area contributed by atoms with Crippen LogP contribution in [0.5, 0.6) is 0 Å². The first-order valence-corrected chi connectivity index (χ1v) is 10.1. The van der Waals surface area contributed by atoms with Crippen molar-refractivity contribution in [2.45, 2.75) is 68.3 Å². The van der Waals surface area contributed by atoms with E-state index in [1.807, 2.05) is 6.07 Å². The molecule has 32 heavy (non-hydrogen) atoms. The van der Waals surface area contributed by atoms with Crippen molar-refractivity contribution in [2.75, 3.05) is 6.61 Å². The van der Waals surface area contributed by atoms with Gasteiger partial charge in [-0.15, -0.1) is 0 Å². The molecule has 10 atom stereocenters. The molecule has 2 saturated heterocycles. The van der Waals surface area contributed by atoms with Crippen LogP contribution in [-0.4, -0.2) is 105 Å². The lowest BCUT2D eigenvalue weighted by molar-refractivity contribution is -0.323. The van der Waals surface area contributed by atoms with Crippen LogP contribution < -0.4 is 0 Å². The highest BCUT2D eigenvalue weighted by molar-refractivity contribution is 5.87. The van der Waals surface area contributed by atoms with Gasteiger partial charge in [0.15, 0.2) is 6.29 Å². The van der Waals surface area contributed by atoms with Gasteiger partial charge in [0.25, 0.3) is 0 Å². The Morgan fingerprint density at radius 1 is 0.875 bits per heavy atom. The smallest absolute Gasteiger partial charge is 0.333 e. The number of rotatable bonds is 6. The van der Waals surface area contributed by atoms with Gasteiger partial charge >= 0.3 is 5.97 Å². The average molecular weight is 456 g/mol. The van der Waals surface area contributed by atoms with Crippen molar-refractivity contribution in [1.29, 1.82) is 0 Å². The molecule has 10 unspecified atom stereocenters. The Bertz CT molecular complexity index is 772. The van der Waals surface area contributed by atoms with E-state index in [1.54, 1.807) is 24.3 Å². The third-order valence-electron chi connectivity index (χ3n) is 5.35. The van der Waals surface area contributed by atoms with Crippen molar-refractivity contribution in [3.8, 4) is 0 Å². The zero-order chi connectivity index (χ0) is 23.4. The number of hydrogen-bond donors (Lipinski definition) is 6. The van der Waals surface area contributed by atoms with E-state index in [4.69, 9.17) is 18.9 Å². The second-order valence-electron chi connectivity index (χ2n) is 7.71. The van der Waals surface area contributed by atoms with Gasteiger partial charge in [-0.1, -0.05) is 30.3 Å². The summed E-state index contributed by atoms with van der Waals surface area (Å²) in [6.07, 6.45) is -11.9. The fourth-order valence-electron chi connectivity index (χ4n) is 3.37. The van der Waals surface area contributed by atoms with E-state index in [9.17, 15) is 35.4 Å². The average Bonchev–Trinajstić information content (AvgIpc) is 2.79. The van der Waals surface area contributed by atoms with Crippen LogP contribution in [0.15, 0.2) is 36.4 Å². The highest BCUT2D eigenvalue weighted by atomic mass is 16.7. The fourth-order valence-corrected chi connectivity index (χ4v) is 3.37. The first-order chi connectivity index (χ1) is 15.2. The van der Waals surface area contributed by atoms with Crippen molar-refractivity contribution in [1.82, 2.24) is 0 Å². The van der Waals surface area contributed by atoms with Gasteiger partial charge in [-0.2, -0.15) is 0 Å². The molecule has 0 bridgehead atoms. The van der Waals surface area contributed by atoms with Gasteiger partial charge in [-0.05, 0) is 18.6 Å². The Morgan fingerprint density at radius 3 is 2.19 bits per heavy atom. The van der Waals surface area contributed by atoms with Gasteiger partial charge in [-0.3, -0.25) is 0 Å². The number of ether oxygens (including phenoxy) is 4. The van der Waals surface area contributed by atoms with E-state index in [0.717, 1.165) is 11.6 Å². The summed E-state index contributed by atoms with van der Waals surface area (Å²) in [6.45, 7) is 1.02. The second kappa shape index (κ2) is 10.8. The molecule has 3 rings (SSSR count). The molecule has 11 nitrogen and oxygen atoms in total. The molecule has 0 spiro atoms. The van der Waals surface area contributed by atoms with E-state index in [0.29, 0.717) is 0 Å². The van der Waals surface area contributed by atoms with E-state index in [2.05, 4.69) is 0 Å². The van der Waals surface area contributed by atoms with Gasteiger partial charge in [0, 0.05) is 6.08 Å². The number of aliphatic hydroxyl groups excluding tert-OH is 6. The molecule has 0 saturated carbocycles. The minimum atomic E-state index is -1.72. The highest BCUT2D eigenvalue weighted by Gasteiger charge is 2.47. The molecule has 0 amide bonds. The number of carbonyl (C=O) groups is 1.